The lowest BCUT2D eigenvalue weighted by Gasteiger charge is -2.12. The van der Waals surface area contributed by atoms with Gasteiger partial charge in [-0.3, -0.25) is 4.79 Å². The number of nitrogens with zero attached hydrogens (tertiary/aromatic N) is 4. The number of aromatic nitrogens is 4. The van der Waals surface area contributed by atoms with E-state index in [1.165, 1.54) is 0 Å². The first-order valence-electron chi connectivity index (χ1n) is 8.82. The van der Waals surface area contributed by atoms with E-state index >= 15 is 0 Å². The van der Waals surface area contributed by atoms with Crippen LogP contribution >= 0.6 is 35.0 Å². The molecule has 3 aromatic rings. The maximum absolute atomic E-state index is 12.4. The fraction of sp³-hybridized carbons (Fsp3) is 0.211. The molecular formula is C19H19Cl2N5O3S. The molecule has 1 amide bonds. The van der Waals surface area contributed by atoms with Crippen LogP contribution in [0.25, 0.3) is 0 Å². The van der Waals surface area contributed by atoms with Gasteiger partial charge in [0.25, 0.3) is 0 Å². The largest absolute Gasteiger partial charge is 0.445 e. The number of Topliss-reactive ketones (excluding diaryl/α,β-unsaturated/α-hetero) is 1. The normalized spacial score (nSPS) is 11.7. The molecule has 3 rings (SSSR count). The number of halogens is 2. The minimum Gasteiger partial charge on any atom is -0.445 e. The van der Waals surface area contributed by atoms with Gasteiger partial charge in [0, 0.05) is 1.43 Å². The molecule has 0 aliphatic carbocycles. The highest BCUT2D eigenvalue weighted by molar-refractivity contribution is 7.99. The quantitative estimate of drug-likeness (QED) is 0.527. The van der Waals surface area contributed by atoms with E-state index in [0.717, 1.165) is 22.1 Å². The summed E-state index contributed by atoms with van der Waals surface area (Å²) in [6.07, 6.45) is -0.684. The van der Waals surface area contributed by atoms with Crippen LogP contribution in [-0.4, -0.2) is 38.1 Å². The number of rotatable bonds is 8. The number of tetrazole rings is 1. The van der Waals surface area contributed by atoms with E-state index in [0.29, 0.717) is 20.1 Å². The second-order valence-corrected chi connectivity index (χ2v) is 7.94. The molecule has 11 heteroatoms. The Morgan fingerprint density at radius 2 is 1.87 bits per heavy atom. The molecule has 0 bridgehead atoms. The van der Waals surface area contributed by atoms with E-state index < -0.39 is 12.1 Å². The van der Waals surface area contributed by atoms with Crippen molar-refractivity contribution in [1.82, 2.24) is 25.5 Å². The molecule has 158 valence electrons. The Morgan fingerprint density at radius 3 is 2.57 bits per heavy atom. The number of ketones is 1. The number of carbonyl (C=O) groups excluding carboxylic acids is 2. The third-order valence-corrected chi connectivity index (χ3v) is 5.72. The minimum absolute atomic E-state index is 0. The molecule has 0 saturated heterocycles. The lowest BCUT2D eigenvalue weighted by atomic mass is 10.2. The summed E-state index contributed by atoms with van der Waals surface area (Å²) in [6.45, 7) is 1.51. The maximum atomic E-state index is 12.4. The Hall–Kier alpha value is -2.62. The van der Waals surface area contributed by atoms with Crippen LogP contribution in [0.15, 0.2) is 58.6 Å². The van der Waals surface area contributed by atoms with Crippen molar-refractivity contribution in [3.05, 3.63) is 64.1 Å². The van der Waals surface area contributed by atoms with Crippen LogP contribution in [0.3, 0.4) is 0 Å². The summed E-state index contributed by atoms with van der Waals surface area (Å²) in [5.41, 5.74) is 0.849. The van der Waals surface area contributed by atoms with Crippen molar-refractivity contribution >= 4 is 46.8 Å². The van der Waals surface area contributed by atoms with Gasteiger partial charge in [-0.1, -0.05) is 59.6 Å². The number of ether oxygens (including phenoxy) is 1. The van der Waals surface area contributed by atoms with E-state index in [1.54, 1.807) is 25.1 Å². The van der Waals surface area contributed by atoms with Gasteiger partial charge in [0.1, 0.15) is 13.2 Å². The third-order valence-electron chi connectivity index (χ3n) is 3.87. The molecule has 0 aliphatic heterocycles. The highest BCUT2D eigenvalue weighted by Gasteiger charge is 2.19. The number of hydrogen-bond acceptors (Lipinski definition) is 7. The molecular weight excluding hydrogens is 449 g/mol. The van der Waals surface area contributed by atoms with E-state index in [-0.39, 0.29) is 20.4 Å². The summed E-state index contributed by atoms with van der Waals surface area (Å²) in [5, 5.41) is 15.6. The average Bonchev–Trinajstić information content (AvgIpc) is 3.17. The number of nitrogens with one attached hydrogen (secondary N) is 1. The second kappa shape index (κ2) is 10.4. The number of hydrogen-bond donors (Lipinski definition) is 1. The smallest absolute Gasteiger partial charge is 0.408 e. The number of carbonyl (C=O) groups is 2. The first-order valence-corrected chi connectivity index (χ1v) is 10.4. The molecule has 1 N–H and O–H groups in total. The molecule has 0 fully saturated rings. The van der Waals surface area contributed by atoms with Crippen molar-refractivity contribution in [1.29, 1.82) is 0 Å². The van der Waals surface area contributed by atoms with Crippen molar-refractivity contribution in [3.8, 4) is 0 Å². The first-order chi connectivity index (χ1) is 14.4. The lowest BCUT2D eigenvalue weighted by Crippen LogP contribution is -2.40. The van der Waals surface area contributed by atoms with Crippen LogP contribution in [0.1, 0.15) is 13.9 Å². The molecule has 2 aromatic carbocycles. The van der Waals surface area contributed by atoms with Crippen molar-refractivity contribution in [2.45, 2.75) is 36.2 Å². The summed E-state index contributed by atoms with van der Waals surface area (Å²) >= 11 is 13.4. The highest BCUT2D eigenvalue weighted by Crippen LogP contribution is 2.36. The number of amides is 1. The van der Waals surface area contributed by atoms with Gasteiger partial charge in [0.15, 0.2) is 5.78 Å². The van der Waals surface area contributed by atoms with Gasteiger partial charge >= 0.3 is 6.09 Å². The topological polar surface area (TPSA) is 99.0 Å². The van der Waals surface area contributed by atoms with Gasteiger partial charge in [-0.2, -0.15) is 4.80 Å². The Bertz CT molecular complexity index is 1020. The molecule has 0 saturated carbocycles. The Labute approximate surface area is 188 Å². The van der Waals surface area contributed by atoms with E-state index in [1.807, 2.05) is 30.3 Å². The van der Waals surface area contributed by atoms with E-state index in [2.05, 4.69) is 20.7 Å². The monoisotopic (exact) mass is 467 g/mol. The highest BCUT2D eigenvalue weighted by atomic mass is 35.5. The molecule has 1 aromatic heterocycles. The van der Waals surface area contributed by atoms with Crippen molar-refractivity contribution in [2.24, 2.45) is 0 Å². The van der Waals surface area contributed by atoms with Crippen molar-refractivity contribution < 1.29 is 15.8 Å². The van der Waals surface area contributed by atoms with Gasteiger partial charge in [0.2, 0.25) is 5.16 Å². The summed E-state index contributed by atoms with van der Waals surface area (Å²) < 4.78 is 5.11. The van der Waals surface area contributed by atoms with E-state index in [9.17, 15) is 9.59 Å². The molecule has 8 nitrogen and oxygen atoms in total. The van der Waals surface area contributed by atoms with Crippen LogP contribution in [0.4, 0.5) is 4.79 Å². The Kier molecular flexibility index (Phi) is 7.67. The Balaban J connectivity index is 0.00000341. The fourth-order valence-electron chi connectivity index (χ4n) is 2.31. The standard InChI is InChI=1S/C19H17Cl2N5O3S.H2/c1-12(22-19(28)29-11-13-6-3-2-4-7-13)16(27)10-26-24-18(23-25-26)30-17-14(20)8-5-9-15(17)21;/h2-9,12H,10-11H2,1H3,(H,22,28);1H. The van der Waals surface area contributed by atoms with Crippen molar-refractivity contribution in [2.75, 3.05) is 0 Å². The fourth-order valence-corrected chi connectivity index (χ4v) is 3.66. The zero-order valence-electron chi connectivity index (χ0n) is 15.8. The summed E-state index contributed by atoms with van der Waals surface area (Å²) in [5.74, 6) is -0.309. The van der Waals surface area contributed by atoms with Gasteiger partial charge in [-0.25, -0.2) is 4.79 Å². The van der Waals surface area contributed by atoms with Crippen LogP contribution in [0, 0.1) is 0 Å². The van der Waals surface area contributed by atoms with Crippen molar-refractivity contribution in [3.63, 3.8) is 0 Å². The van der Waals surface area contributed by atoms with Crippen LogP contribution in [0.2, 0.25) is 10.0 Å². The predicted molar refractivity (Wildman–Crippen MR) is 115 cm³/mol. The predicted octanol–water partition coefficient (Wildman–Crippen LogP) is 4.26. The first kappa shape index (κ1) is 22.1. The second-order valence-electron chi connectivity index (χ2n) is 6.15. The SMILES string of the molecule is CC(NC(=O)OCc1ccccc1)C(=O)Cn1nnc(Sc2c(Cl)cccc2Cl)n1.[HH]. The molecule has 1 atom stereocenters. The Morgan fingerprint density at radius 1 is 1.17 bits per heavy atom. The molecule has 0 spiro atoms. The zero-order chi connectivity index (χ0) is 21.5. The van der Waals surface area contributed by atoms with Gasteiger partial charge in [0.05, 0.1) is 21.0 Å². The molecule has 1 heterocycles. The molecule has 30 heavy (non-hydrogen) atoms. The minimum atomic E-state index is -0.784. The average molecular weight is 468 g/mol. The summed E-state index contributed by atoms with van der Waals surface area (Å²) in [4.78, 5) is 26.0. The maximum Gasteiger partial charge on any atom is 0.408 e. The number of alkyl carbamates (subject to hydrolysis) is 1. The van der Waals surface area contributed by atoms with Gasteiger partial charge in [-0.15, -0.1) is 10.2 Å². The van der Waals surface area contributed by atoms with E-state index in [4.69, 9.17) is 27.9 Å². The summed E-state index contributed by atoms with van der Waals surface area (Å²) in [6, 6.07) is 13.6. The molecule has 0 aliphatic rings. The van der Waals surface area contributed by atoms with Crippen LogP contribution < -0.4 is 5.32 Å². The van der Waals surface area contributed by atoms with Gasteiger partial charge in [-0.05, 0) is 41.6 Å². The van der Waals surface area contributed by atoms with Gasteiger partial charge < -0.3 is 10.1 Å². The van der Waals surface area contributed by atoms with Crippen LogP contribution in [-0.2, 0) is 22.7 Å². The molecule has 1 unspecified atom stereocenters. The summed E-state index contributed by atoms with van der Waals surface area (Å²) in [7, 11) is 0. The van der Waals surface area contributed by atoms with Crippen LogP contribution in [0.5, 0.6) is 0 Å². The zero-order valence-corrected chi connectivity index (χ0v) is 18.1. The molecule has 0 radical (unpaired) electrons. The number of benzene rings is 2. The third kappa shape index (κ3) is 6.19. The lowest BCUT2D eigenvalue weighted by molar-refractivity contribution is -0.121.